The first-order valence-corrected chi connectivity index (χ1v) is 7.12. The third-order valence-corrected chi connectivity index (χ3v) is 3.43. The highest BCUT2D eigenvalue weighted by atomic mass is 35.5. The van der Waals surface area contributed by atoms with Gasteiger partial charge in [-0.05, 0) is 24.9 Å². The first kappa shape index (κ1) is 15.9. The maximum absolute atomic E-state index is 5.99. The predicted molar refractivity (Wildman–Crippen MR) is 79.3 cm³/mol. The van der Waals surface area contributed by atoms with Gasteiger partial charge >= 0.3 is 0 Å². The molecule has 1 rings (SSSR count). The summed E-state index contributed by atoms with van der Waals surface area (Å²) in [6.45, 7) is 6.73. The van der Waals surface area contributed by atoms with Crippen LogP contribution < -0.4 is 10.1 Å². The molecule has 0 aliphatic rings. The van der Waals surface area contributed by atoms with E-state index in [2.05, 4.69) is 19.2 Å². The van der Waals surface area contributed by atoms with Gasteiger partial charge in [0.1, 0.15) is 12.4 Å². The zero-order valence-electron chi connectivity index (χ0n) is 10.6. The molecule has 1 aromatic rings. The summed E-state index contributed by atoms with van der Waals surface area (Å²) in [5.74, 6) is 1.28. The van der Waals surface area contributed by atoms with Gasteiger partial charge in [-0.15, -0.1) is 0 Å². The number of ether oxygens (including phenoxy) is 1. The number of hydrogen-bond donors (Lipinski definition) is 1. The Balaban J connectivity index is 2.29. The number of benzene rings is 1. The molecule has 0 spiro atoms. The van der Waals surface area contributed by atoms with E-state index in [1.807, 2.05) is 0 Å². The zero-order valence-corrected chi connectivity index (χ0v) is 12.9. The lowest BCUT2D eigenvalue weighted by molar-refractivity contribution is 0.312. The monoisotopic (exact) mass is 309 g/mol. The van der Waals surface area contributed by atoms with E-state index >= 15 is 0 Å². The molecule has 0 heterocycles. The summed E-state index contributed by atoms with van der Waals surface area (Å²) in [6.07, 6.45) is 1.16. The van der Waals surface area contributed by atoms with Crippen LogP contribution in [-0.4, -0.2) is 19.7 Å². The van der Waals surface area contributed by atoms with E-state index in [1.165, 1.54) is 0 Å². The lowest BCUT2D eigenvalue weighted by atomic mass is 10.1. The molecule has 1 N–H and O–H groups in total. The molecular formula is C13H18Cl3NO. The largest absolute Gasteiger partial charge is 0.491 e. The smallest absolute Gasteiger partial charge is 0.139 e. The molecule has 0 radical (unpaired) electrons. The molecule has 2 nitrogen and oxygen atoms in total. The predicted octanol–water partition coefficient (Wildman–Crippen LogP) is 4.66. The molecular weight excluding hydrogens is 293 g/mol. The second-order valence-corrected chi connectivity index (χ2v) is 5.70. The normalized spacial score (nSPS) is 11.0. The molecule has 0 aliphatic carbocycles. The van der Waals surface area contributed by atoms with Gasteiger partial charge in [-0.25, -0.2) is 0 Å². The molecule has 0 saturated carbocycles. The summed E-state index contributed by atoms with van der Waals surface area (Å²) in [7, 11) is 0. The Morgan fingerprint density at radius 2 is 1.72 bits per heavy atom. The fourth-order valence-electron chi connectivity index (χ4n) is 1.36. The summed E-state index contributed by atoms with van der Waals surface area (Å²) in [5, 5.41) is 4.67. The highest BCUT2D eigenvalue weighted by Gasteiger charge is 2.06. The molecule has 0 aromatic heterocycles. The van der Waals surface area contributed by atoms with Crippen molar-refractivity contribution < 1.29 is 4.74 Å². The summed E-state index contributed by atoms with van der Waals surface area (Å²) >= 11 is 17.7. The average Bonchev–Trinajstić information content (AvgIpc) is 2.29. The van der Waals surface area contributed by atoms with Crippen molar-refractivity contribution in [3.63, 3.8) is 0 Å². The molecule has 0 bridgehead atoms. The van der Waals surface area contributed by atoms with E-state index in [0.717, 1.165) is 19.5 Å². The molecule has 0 saturated heterocycles. The van der Waals surface area contributed by atoms with Crippen LogP contribution in [0.15, 0.2) is 12.1 Å². The van der Waals surface area contributed by atoms with Crippen molar-refractivity contribution in [2.24, 2.45) is 5.92 Å². The lowest BCUT2D eigenvalue weighted by Crippen LogP contribution is -2.23. The highest BCUT2D eigenvalue weighted by molar-refractivity contribution is 6.43. The van der Waals surface area contributed by atoms with Crippen LogP contribution in [0, 0.1) is 5.92 Å². The maximum atomic E-state index is 5.99. The highest BCUT2D eigenvalue weighted by Crippen LogP contribution is 2.33. The van der Waals surface area contributed by atoms with Crippen LogP contribution in [0.2, 0.25) is 15.1 Å². The minimum atomic E-state index is 0.434. The zero-order chi connectivity index (χ0) is 13.5. The van der Waals surface area contributed by atoms with Gasteiger partial charge in [0.2, 0.25) is 0 Å². The van der Waals surface area contributed by atoms with Crippen molar-refractivity contribution in [1.82, 2.24) is 5.32 Å². The Kier molecular flexibility index (Phi) is 7.16. The summed E-state index contributed by atoms with van der Waals surface area (Å²) in [4.78, 5) is 0. The van der Waals surface area contributed by atoms with E-state index < -0.39 is 0 Å². The standard InChI is InChI=1S/C13H18Cl3NO/c1-9(2)3-4-17-5-6-18-13-8-11(15)10(14)7-12(13)16/h7-9,17H,3-6H2,1-2H3. The molecule has 0 aliphatic heterocycles. The van der Waals surface area contributed by atoms with Gasteiger partial charge in [0.25, 0.3) is 0 Å². The van der Waals surface area contributed by atoms with Gasteiger partial charge in [-0.2, -0.15) is 0 Å². The number of nitrogens with one attached hydrogen (secondary N) is 1. The van der Waals surface area contributed by atoms with Gasteiger partial charge < -0.3 is 10.1 Å². The third kappa shape index (κ3) is 5.66. The van der Waals surface area contributed by atoms with Gasteiger partial charge in [-0.1, -0.05) is 48.7 Å². The van der Waals surface area contributed by atoms with Crippen molar-refractivity contribution >= 4 is 34.8 Å². The van der Waals surface area contributed by atoms with Crippen LogP contribution in [-0.2, 0) is 0 Å². The third-order valence-electron chi connectivity index (χ3n) is 2.41. The number of hydrogen-bond acceptors (Lipinski definition) is 2. The van der Waals surface area contributed by atoms with Crippen molar-refractivity contribution in [1.29, 1.82) is 0 Å². The topological polar surface area (TPSA) is 21.3 Å². The van der Waals surface area contributed by atoms with E-state index in [4.69, 9.17) is 39.5 Å². The summed E-state index contributed by atoms with van der Waals surface area (Å²) < 4.78 is 5.54. The van der Waals surface area contributed by atoms with Gasteiger partial charge in [-0.3, -0.25) is 0 Å². The Labute approximate surface area is 124 Å². The molecule has 18 heavy (non-hydrogen) atoms. The van der Waals surface area contributed by atoms with E-state index in [-0.39, 0.29) is 0 Å². The van der Waals surface area contributed by atoms with Crippen LogP contribution in [0.5, 0.6) is 5.75 Å². The molecule has 1 aromatic carbocycles. The number of rotatable bonds is 7. The Bertz CT molecular complexity index is 383. The van der Waals surface area contributed by atoms with E-state index in [9.17, 15) is 0 Å². The van der Waals surface area contributed by atoms with E-state index in [1.54, 1.807) is 12.1 Å². The van der Waals surface area contributed by atoms with Crippen LogP contribution in [0.1, 0.15) is 20.3 Å². The molecule has 0 atom stereocenters. The van der Waals surface area contributed by atoms with Crippen LogP contribution in [0.3, 0.4) is 0 Å². The van der Waals surface area contributed by atoms with Crippen molar-refractivity contribution in [3.05, 3.63) is 27.2 Å². The fraction of sp³-hybridized carbons (Fsp3) is 0.538. The average molecular weight is 311 g/mol. The molecule has 102 valence electrons. The molecule has 5 heteroatoms. The molecule has 0 fully saturated rings. The van der Waals surface area contributed by atoms with Crippen molar-refractivity contribution in [2.45, 2.75) is 20.3 Å². The lowest BCUT2D eigenvalue weighted by Gasteiger charge is -2.10. The Hall–Kier alpha value is -0.150. The second-order valence-electron chi connectivity index (χ2n) is 4.48. The minimum Gasteiger partial charge on any atom is -0.491 e. The Morgan fingerprint density at radius 1 is 1.06 bits per heavy atom. The van der Waals surface area contributed by atoms with Gasteiger partial charge in [0.15, 0.2) is 0 Å². The second kappa shape index (κ2) is 8.11. The van der Waals surface area contributed by atoms with Gasteiger partial charge in [0, 0.05) is 12.6 Å². The molecule has 0 amide bonds. The summed E-state index contributed by atoms with van der Waals surface area (Å²) in [6, 6.07) is 3.23. The first-order valence-electron chi connectivity index (χ1n) is 5.98. The van der Waals surface area contributed by atoms with Crippen LogP contribution in [0.25, 0.3) is 0 Å². The summed E-state index contributed by atoms with van der Waals surface area (Å²) in [5.41, 5.74) is 0. The maximum Gasteiger partial charge on any atom is 0.139 e. The van der Waals surface area contributed by atoms with Crippen molar-refractivity contribution in [3.8, 4) is 5.75 Å². The minimum absolute atomic E-state index is 0.434. The number of halogens is 3. The first-order chi connectivity index (χ1) is 8.50. The molecule has 0 unspecified atom stereocenters. The Morgan fingerprint density at radius 3 is 2.39 bits per heavy atom. The fourth-order valence-corrected chi connectivity index (χ4v) is 1.96. The SMILES string of the molecule is CC(C)CCNCCOc1cc(Cl)c(Cl)cc1Cl. The van der Waals surface area contributed by atoms with Gasteiger partial charge in [0.05, 0.1) is 15.1 Å². The van der Waals surface area contributed by atoms with Crippen LogP contribution in [0.4, 0.5) is 0 Å². The van der Waals surface area contributed by atoms with E-state index in [0.29, 0.717) is 33.3 Å². The van der Waals surface area contributed by atoms with Crippen LogP contribution >= 0.6 is 34.8 Å². The quantitative estimate of drug-likeness (QED) is 0.584. The van der Waals surface area contributed by atoms with Crippen molar-refractivity contribution in [2.75, 3.05) is 19.7 Å².